The topological polar surface area (TPSA) is 4.93 Å². The van der Waals surface area contributed by atoms with Gasteiger partial charge in [-0.1, -0.05) is 205 Å². The fourth-order valence-electron chi connectivity index (χ4n) is 10.6. The Morgan fingerprint density at radius 3 is 1.74 bits per heavy atom. The number of rotatable bonds is 14. The molecule has 0 radical (unpaired) electrons. The first-order chi connectivity index (χ1) is 30.1. The zero-order valence-corrected chi connectivity index (χ0v) is 38.2. The number of fused-ring (bicyclic) bond motifs is 3. The van der Waals surface area contributed by atoms with Gasteiger partial charge in [-0.15, -0.1) is 0 Å². The summed E-state index contributed by atoms with van der Waals surface area (Å²) in [5.41, 5.74) is 22.4. The van der Waals surface area contributed by atoms with Crippen molar-refractivity contribution in [1.82, 2.24) is 4.57 Å². The maximum Gasteiger partial charge on any atom is 0.242 e. The van der Waals surface area contributed by atoms with Crippen molar-refractivity contribution in [3.05, 3.63) is 203 Å². The molecule has 0 aliphatic heterocycles. The minimum Gasteiger partial charge on any atom is -0.341 e. The number of hydrogen-bond donors (Lipinski definition) is 0. The van der Waals surface area contributed by atoms with Crippen LogP contribution in [-0.4, -0.2) is 11.3 Å². The van der Waals surface area contributed by atoms with Crippen LogP contribution in [0.3, 0.4) is 0 Å². The van der Waals surface area contributed by atoms with Gasteiger partial charge in [0.15, 0.2) is 0 Å². The molecule has 0 saturated carbocycles. The maximum atomic E-state index is 4.07. The average Bonchev–Trinajstić information content (AvgIpc) is 3.63. The third kappa shape index (κ3) is 8.16. The molecule has 0 aliphatic carbocycles. The molecule has 0 bridgehead atoms. The van der Waals surface area contributed by atoms with Crippen LogP contribution in [0.1, 0.15) is 97.7 Å². The van der Waals surface area contributed by atoms with Crippen LogP contribution in [0.15, 0.2) is 164 Å². The number of allylic oxidation sites excluding steroid dienone is 3. The van der Waals surface area contributed by atoms with Gasteiger partial charge in [-0.3, -0.25) is 0 Å². The third-order valence-electron chi connectivity index (χ3n) is 13.8. The fourth-order valence-corrected chi connectivity index (χ4v) is 10.6. The van der Waals surface area contributed by atoms with E-state index in [-0.39, 0.29) is 6.71 Å². The number of hydrogen-bond acceptors (Lipinski definition) is 0. The molecule has 2 atom stereocenters. The molecule has 2 unspecified atom stereocenters. The highest BCUT2D eigenvalue weighted by Gasteiger charge is 2.29. The first kappa shape index (κ1) is 42.6. The molecular weight excluding hydrogens is 745 g/mol. The van der Waals surface area contributed by atoms with Crippen molar-refractivity contribution in [2.45, 2.75) is 93.0 Å². The molecule has 1 heterocycles. The summed E-state index contributed by atoms with van der Waals surface area (Å²) in [5.74, 6) is 0.998. The minimum atomic E-state index is 0.0908. The summed E-state index contributed by atoms with van der Waals surface area (Å²) in [6.07, 6.45) is 7.54. The summed E-state index contributed by atoms with van der Waals surface area (Å²) in [7, 11) is 0. The van der Waals surface area contributed by atoms with Gasteiger partial charge >= 0.3 is 0 Å². The van der Waals surface area contributed by atoms with Crippen LogP contribution in [0.4, 0.5) is 0 Å². The molecule has 0 aliphatic rings. The van der Waals surface area contributed by atoms with Gasteiger partial charge in [0.25, 0.3) is 0 Å². The first-order valence-corrected chi connectivity index (χ1v) is 22.9. The van der Waals surface area contributed by atoms with Crippen molar-refractivity contribution in [2.75, 3.05) is 0 Å². The molecule has 62 heavy (non-hydrogen) atoms. The second-order valence-corrected chi connectivity index (χ2v) is 17.6. The van der Waals surface area contributed by atoms with Gasteiger partial charge in [0.1, 0.15) is 0 Å². The summed E-state index contributed by atoms with van der Waals surface area (Å²) in [4.78, 5) is 0. The molecular formula is C60H62BN. The molecule has 0 spiro atoms. The van der Waals surface area contributed by atoms with Crippen LogP contribution >= 0.6 is 0 Å². The molecule has 0 amide bonds. The van der Waals surface area contributed by atoms with E-state index in [2.05, 4.69) is 218 Å². The summed E-state index contributed by atoms with van der Waals surface area (Å²) in [6.45, 7) is 23.5. The molecule has 310 valence electrons. The Bertz CT molecular complexity index is 2840. The number of aryl methyl sites for hydroxylation is 5. The fraction of sp³-hybridized carbons (Fsp3) is 0.233. The smallest absolute Gasteiger partial charge is 0.242 e. The van der Waals surface area contributed by atoms with Gasteiger partial charge in [-0.05, 0) is 129 Å². The largest absolute Gasteiger partial charge is 0.341 e. The van der Waals surface area contributed by atoms with Gasteiger partial charge in [0.2, 0.25) is 6.71 Å². The average molecular weight is 808 g/mol. The zero-order valence-electron chi connectivity index (χ0n) is 38.2. The zero-order chi connectivity index (χ0) is 43.5. The van der Waals surface area contributed by atoms with Gasteiger partial charge in [-0.25, -0.2) is 0 Å². The molecule has 1 nitrogen and oxygen atoms in total. The number of para-hydroxylation sites is 1. The van der Waals surface area contributed by atoms with Crippen LogP contribution in [0, 0.1) is 27.7 Å². The van der Waals surface area contributed by atoms with E-state index >= 15 is 0 Å². The Balaban J connectivity index is 1.08. The van der Waals surface area contributed by atoms with Crippen LogP contribution in [0.5, 0.6) is 0 Å². The SMILES string of the molecule is C=C/C(=C\C)c1ccc(B(c2c(C)cc(-c3ccccc3)cc2C)c2c(C)cc(-c3ccc(C(CC)CCC(C)c4cccc5c4c4ccccc4n5CC)cc3)cc2C)cc1. The van der Waals surface area contributed by atoms with E-state index in [9.17, 15) is 0 Å². The second kappa shape index (κ2) is 18.5. The predicted molar refractivity (Wildman–Crippen MR) is 273 cm³/mol. The Hall–Kier alpha value is -6.12. The summed E-state index contributed by atoms with van der Waals surface area (Å²) < 4.78 is 2.47. The highest BCUT2D eigenvalue weighted by Crippen LogP contribution is 2.38. The Morgan fingerprint density at radius 2 is 1.18 bits per heavy atom. The van der Waals surface area contributed by atoms with Crippen LogP contribution in [0.2, 0.25) is 0 Å². The lowest BCUT2D eigenvalue weighted by Crippen LogP contribution is -2.55. The van der Waals surface area contributed by atoms with E-state index in [4.69, 9.17) is 0 Å². The van der Waals surface area contributed by atoms with Crippen LogP contribution in [-0.2, 0) is 6.54 Å². The van der Waals surface area contributed by atoms with E-state index < -0.39 is 0 Å². The monoisotopic (exact) mass is 807 g/mol. The Labute approximate surface area is 372 Å². The Kier molecular flexibility index (Phi) is 12.7. The lowest BCUT2D eigenvalue weighted by atomic mass is 9.34. The number of aromatic nitrogens is 1. The van der Waals surface area contributed by atoms with Crippen molar-refractivity contribution >= 4 is 50.5 Å². The lowest BCUT2D eigenvalue weighted by Gasteiger charge is -2.25. The molecule has 1 aromatic heterocycles. The molecule has 2 heteroatoms. The van der Waals surface area contributed by atoms with Gasteiger partial charge < -0.3 is 4.57 Å². The van der Waals surface area contributed by atoms with Crippen molar-refractivity contribution in [2.24, 2.45) is 0 Å². The quantitative estimate of drug-likeness (QED) is 0.0762. The van der Waals surface area contributed by atoms with E-state index in [1.165, 1.54) is 106 Å². The van der Waals surface area contributed by atoms with Crippen molar-refractivity contribution in [1.29, 1.82) is 0 Å². The highest BCUT2D eigenvalue weighted by atomic mass is 15.0. The van der Waals surface area contributed by atoms with Crippen LogP contribution < -0.4 is 16.4 Å². The summed E-state index contributed by atoms with van der Waals surface area (Å²) >= 11 is 0. The van der Waals surface area contributed by atoms with Crippen LogP contribution in [0.25, 0.3) is 49.6 Å². The predicted octanol–water partition coefficient (Wildman–Crippen LogP) is 14.6. The van der Waals surface area contributed by atoms with Crippen molar-refractivity contribution < 1.29 is 0 Å². The lowest BCUT2D eigenvalue weighted by molar-refractivity contribution is 0.537. The summed E-state index contributed by atoms with van der Waals surface area (Å²) in [5, 5.41) is 2.82. The maximum absolute atomic E-state index is 4.07. The van der Waals surface area contributed by atoms with E-state index in [0.29, 0.717) is 11.8 Å². The molecule has 8 rings (SSSR count). The van der Waals surface area contributed by atoms with Gasteiger partial charge in [0, 0.05) is 28.4 Å². The second-order valence-electron chi connectivity index (χ2n) is 17.6. The number of nitrogens with zero attached hydrogens (tertiary/aromatic N) is 1. The Morgan fingerprint density at radius 1 is 0.613 bits per heavy atom. The molecule has 7 aromatic carbocycles. The van der Waals surface area contributed by atoms with Crippen molar-refractivity contribution in [3.63, 3.8) is 0 Å². The summed E-state index contributed by atoms with van der Waals surface area (Å²) in [6, 6.07) is 54.9. The van der Waals surface area contributed by atoms with E-state index in [1.807, 2.05) is 6.08 Å². The molecule has 8 aromatic rings. The van der Waals surface area contributed by atoms with Gasteiger partial charge in [-0.2, -0.15) is 0 Å². The first-order valence-electron chi connectivity index (χ1n) is 22.9. The highest BCUT2D eigenvalue weighted by molar-refractivity contribution is 6.96. The van der Waals surface area contributed by atoms with Gasteiger partial charge in [0.05, 0.1) is 0 Å². The molecule has 0 fully saturated rings. The van der Waals surface area contributed by atoms with E-state index in [0.717, 1.165) is 25.0 Å². The van der Waals surface area contributed by atoms with E-state index in [1.54, 1.807) is 0 Å². The minimum absolute atomic E-state index is 0.0908. The standard InChI is InChI=1S/C60H62BN/c1-10-45(11-2)48-32-34-53(35-33-48)61(59-41(6)36-51(37-42(59)7)47-20-15-14-16-21-47)60-43(8)38-52(39-44(60)9)50-30-28-49(29-31-50)46(12-3)27-26-40(5)54-23-19-25-57-58(54)55-22-17-18-24-56(55)62(57)13-4/h10-11,14-25,28-40,46H,1,12-13,26-27H2,2-9H3/b45-11+. The van der Waals surface area contributed by atoms with Crippen molar-refractivity contribution in [3.8, 4) is 22.3 Å². The molecule has 0 N–H and O–H groups in total. The number of benzene rings is 7. The third-order valence-corrected chi connectivity index (χ3v) is 13.8. The molecule has 0 saturated heterocycles. The normalized spacial score (nSPS) is 12.8.